The van der Waals surface area contributed by atoms with E-state index in [0.717, 1.165) is 15.4 Å². The van der Waals surface area contributed by atoms with Gasteiger partial charge in [-0.25, -0.2) is 0 Å². The van der Waals surface area contributed by atoms with Crippen molar-refractivity contribution in [3.05, 3.63) is 45.2 Å². The Morgan fingerprint density at radius 2 is 2.07 bits per heavy atom. The molecule has 0 bridgehead atoms. The fourth-order valence-corrected chi connectivity index (χ4v) is 2.28. The first-order valence-electron chi connectivity index (χ1n) is 5.06. The Morgan fingerprint density at radius 3 is 2.80 bits per heavy atom. The van der Waals surface area contributed by atoms with Gasteiger partial charge < -0.3 is 4.57 Å². The third-order valence-corrected chi connectivity index (χ3v) is 3.32. The first-order valence-corrected chi connectivity index (χ1v) is 5.85. The highest BCUT2D eigenvalue weighted by Crippen LogP contribution is 2.36. The molecule has 0 radical (unpaired) electrons. The molecule has 1 saturated carbocycles. The van der Waals surface area contributed by atoms with Gasteiger partial charge in [0, 0.05) is 28.2 Å². The van der Waals surface area contributed by atoms with Crippen LogP contribution in [0.25, 0.3) is 10.9 Å². The van der Waals surface area contributed by atoms with Crippen LogP contribution >= 0.6 is 15.9 Å². The van der Waals surface area contributed by atoms with Crippen molar-refractivity contribution in [2.24, 2.45) is 0 Å². The van der Waals surface area contributed by atoms with Crippen LogP contribution in [-0.4, -0.2) is 4.57 Å². The molecule has 15 heavy (non-hydrogen) atoms. The second-order valence-electron chi connectivity index (χ2n) is 3.98. The molecule has 2 aromatic rings. The molecule has 0 saturated heterocycles. The van der Waals surface area contributed by atoms with Gasteiger partial charge in [-0.3, -0.25) is 4.79 Å². The van der Waals surface area contributed by atoms with Gasteiger partial charge in [-0.1, -0.05) is 15.9 Å². The number of hydrogen-bond acceptors (Lipinski definition) is 1. The maximum atomic E-state index is 11.7. The van der Waals surface area contributed by atoms with Crippen molar-refractivity contribution in [2.75, 3.05) is 0 Å². The van der Waals surface area contributed by atoms with E-state index in [1.807, 2.05) is 24.4 Å². The Kier molecular flexibility index (Phi) is 1.96. The molecule has 1 aromatic carbocycles. The summed E-state index contributed by atoms with van der Waals surface area (Å²) < 4.78 is 3.17. The van der Waals surface area contributed by atoms with Crippen LogP contribution in [0.3, 0.4) is 0 Å². The van der Waals surface area contributed by atoms with E-state index in [0.29, 0.717) is 6.04 Å². The predicted molar refractivity (Wildman–Crippen MR) is 64.2 cm³/mol. The molecule has 0 atom stereocenters. The molecule has 0 aliphatic heterocycles. The fourth-order valence-electron chi connectivity index (χ4n) is 1.92. The van der Waals surface area contributed by atoms with Crippen LogP contribution in [0.15, 0.2) is 39.7 Å². The second kappa shape index (κ2) is 3.20. The number of rotatable bonds is 1. The van der Waals surface area contributed by atoms with E-state index in [9.17, 15) is 4.79 Å². The average molecular weight is 264 g/mol. The number of aromatic nitrogens is 1. The molecule has 0 unspecified atom stereocenters. The van der Waals surface area contributed by atoms with Crippen LogP contribution in [0, 0.1) is 0 Å². The van der Waals surface area contributed by atoms with Gasteiger partial charge in [0.15, 0.2) is 5.43 Å². The molecule has 0 amide bonds. The summed E-state index contributed by atoms with van der Waals surface area (Å²) in [6.07, 6.45) is 4.37. The van der Waals surface area contributed by atoms with Crippen molar-refractivity contribution in [3.8, 4) is 0 Å². The maximum absolute atomic E-state index is 11.7. The summed E-state index contributed by atoms with van der Waals surface area (Å²) in [7, 11) is 0. The van der Waals surface area contributed by atoms with E-state index in [4.69, 9.17) is 0 Å². The van der Waals surface area contributed by atoms with Crippen molar-refractivity contribution in [3.63, 3.8) is 0 Å². The van der Waals surface area contributed by atoms with Crippen LogP contribution in [0.5, 0.6) is 0 Å². The van der Waals surface area contributed by atoms with Crippen molar-refractivity contribution >= 4 is 26.8 Å². The number of hydrogen-bond donors (Lipinski definition) is 0. The van der Waals surface area contributed by atoms with E-state index in [1.165, 1.54) is 12.8 Å². The van der Waals surface area contributed by atoms with Gasteiger partial charge >= 0.3 is 0 Å². The molecule has 1 heterocycles. The van der Waals surface area contributed by atoms with Crippen molar-refractivity contribution in [1.82, 2.24) is 4.57 Å². The number of benzene rings is 1. The van der Waals surface area contributed by atoms with Gasteiger partial charge in [0.2, 0.25) is 0 Å². The lowest BCUT2D eigenvalue weighted by atomic mass is 10.2. The summed E-state index contributed by atoms with van der Waals surface area (Å²) in [6.45, 7) is 0. The molecule has 1 aliphatic rings. The van der Waals surface area contributed by atoms with Crippen LogP contribution in [-0.2, 0) is 0 Å². The number of pyridine rings is 1. The van der Waals surface area contributed by atoms with Gasteiger partial charge in [0.05, 0.1) is 5.52 Å². The molecule has 1 fully saturated rings. The highest BCUT2D eigenvalue weighted by Gasteiger charge is 2.23. The summed E-state index contributed by atoms with van der Waals surface area (Å²) >= 11 is 3.40. The molecule has 0 N–H and O–H groups in total. The lowest BCUT2D eigenvalue weighted by molar-refractivity contribution is 0.766. The number of fused-ring (bicyclic) bond motifs is 1. The van der Waals surface area contributed by atoms with Crippen LogP contribution in [0.1, 0.15) is 18.9 Å². The zero-order valence-corrected chi connectivity index (χ0v) is 9.70. The van der Waals surface area contributed by atoms with Crippen LogP contribution in [0.2, 0.25) is 0 Å². The van der Waals surface area contributed by atoms with Gasteiger partial charge in [-0.2, -0.15) is 0 Å². The lowest BCUT2D eigenvalue weighted by Crippen LogP contribution is -2.06. The van der Waals surface area contributed by atoms with Crippen LogP contribution < -0.4 is 5.43 Å². The Labute approximate surface area is 95.7 Å². The third kappa shape index (κ3) is 1.51. The van der Waals surface area contributed by atoms with Gasteiger partial charge in [0.1, 0.15) is 0 Å². The smallest absolute Gasteiger partial charge is 0.189 e. The minimum absolute atomic E-state index is 0.100. The van der Waals surface area contributed by atoms with Gasteiger partial charge in [0.25, 0.3) is 0 Å². The SMILES string of the molecule is O=c1ccn(C2CC2)c2ccc(Br)cc12. The van der Waals surface area contributed by atoms with E-state index >= 15 is 0 Å². The molecule has 0 spiro atoms. The molecule has 1 aromatic heterocycles. The quantitative estimate of drug-likeness (QED) is 0.775. The molecular weight excluding hydrogens is 254 g/mol. The topological polar surface area (TPSA) is 22.0 Å². The lowest BCUT2D eigenvalue weighted by Gasteiger charge is -2.08. The molecule has 3 heteroatoms. The Bertz CT molecular complexity index is 584. The summed E-state index contributed by atoms with van der Waals surface area (Å²) in [5, 5.41) is 0.804. The highest BCUT2D eigenvalue weighted by atomic mass is 79.9. The molecular formula is C12H10BrNO. The molecule has 3 rings (SSSR count). The molecule has 76 valence electrons. The standard InChI is InChI=1S/C12H10BrNO/c13-8-1-4-11-10(7-8)12(15)5-6-14(11)9-2-3-9/h1,4-7,9H,2-3H2. The van der Waals surface area contributed by atoms with E-state index < -0.39 is 0 Å². The first-order chi connectivity index (χ1) is 7.25. The Hall–Kier alpha value is -1.09. The minimum Gasteiger partial charge on any atom is -0.344 e. The average Bonchev–Trinajstić information content (AvgIpc) is 3.03. The summed E-state index contributed by atoms with van der Waals surface area (Å²) in [4.78, 5) is 11.7. The fraction of sp³-hybridized carbons (Fsp3) is 0.250. The second-order valence-corrected chi connectivity index (χ2v) is 4.90. The predicted octanol–water partition coefficient (Wildman–Crippen LogP) is 3.10. The normalized spacial score (nSPS) is 15.8. The highest BCUT2D eigenvalue weighted by molar-refractivity contribution is 9.10. The van der Waals surface area contributed by atoms with E-state index in [1.54, 1.807) is 6.07 Å². The molecule has 1 aliphatic carbocycles. The summed E-state index contributed by atoms with van der Waals surface area (Å²) in [5.74, 6) is 0. The Balaban J connectivity index is 2.39. The number of nitrogens with zero attached hydrogens (tertiary/aromatic N) is 1. The third-order valence-electron chi connectivity index (χ3n) is 2.83. The Morgan fingerprint density at radius 1 is 1.27 bits per heavy atom. The van der Waals surface area contributed by atoms with E-state index in [2.05, 4.69) is 20.5 Å². The van der Waals surface area contributed by atoms with Crippen molar-refractivity contribution in [1.29, 1.82) is 0 Å². The first kappa shape index (κ1) is 9.16. The summed E-state index contributed by atoms with van der Waals surface area (Å²) in [6, 6.07) is 8.16. The van der Waals surface area contributed by atoms with Gasteiger partial charge in [-0.05, 0) is 31.0 Å². The maximum Gasteiger partial charge on any atom is 0.189 e. The monoisotopic (exact) mass is 263 g/mol. The largest absolute Gasteiger partial charge is 0.344 e. The zero-order chi connectivity index (χ0) is 10.4. The van der Waals surface area contributed by atoms with Crippen molar-refractivity contribution in [2.45, 2.75) is 18.9 Å². The van der Waals surface area contributed by atoms with E-state index in [-0.39, 0.29) is 5.43 Å². The zero-order valence-electron chi connectivity index (χ0n) is 8.11. The van der Waals surface area contributed by atoms with Gasteiger partial charge in [-0.15, -0.1) is 0 Å². The minimum atomic E-state index is 0.100. The molecule has 2 nitrogen and oxygen atoms in total. The van der Waals surface area contributed by atoms with Crippen LogP contribution in [0.4, 0.5) is 0 Å². The van der Waals surface area contributed by atoms with Crippen molar-refractivity contribution < 1.29 is 0 Å². The summed E-state index contributed by atoms with van der Waals surface area (Å²) in [5.41, 5.74) is 1.15. The number of halogens is 1.